The quantitative estimate of drug-likeness (QED) is 0.759. The highest BCUT2D eigenvalue weighted by molar-refractivity contribution is 6.05. The van der Waals surface area contributed by atoms with E-state index in [2.05, 4.69) is 16.1 Å². The number of carbonyl (C=O) groups excluding carboxylic acids is 2. The number of aromatic amines is 1. The molecule has 3 heterocycles. The van der Waals surface area contributed by atoms with Crippen LogP contribution < -0.4 is 4.90 Å². The van der Waals surface area contributed by atoms with E-state index in [9.17, 15) is 9.59 Å². The van der Waals surface area contributed by atoms with Crippen molar-refractivity contribution in [1.29, 1.82) is 0 Å². The summed E-state index contributed by atoms with van der Waals surface area (Å²) < 4.78 is 1.68. The molecule has 1 aliphatic heterocycles. The zero-order valence-electron chi connectivity index (χ0n) is 16.0. The van der Waals surface area contributed by atoms with Crippen LogP contribution in [0.25, 0.3) is 0 Å². The summed E-state index contributed by atoms with van der Waals surface area (Å²) in [5, 5.41) is 4.63. The predicted molar refractivity (Wildman–Crippen MR) is 106 cm³/mol. The third-order valence-corrected chi connectivity index (χ3v) is 5.13. The Kier molecular flexibility index (Phi) is 4.73. The lowest BCUT2D eigenvalue weighted by Crippen LogP contribution is -2.37. The number of carbonyl (C=O) groups is 2. The Labute approximate surface area is 163 Å². The third-order valence-electron chi connectivity index (χ3n) is 5.13. The summed E-state index contributed by atoms with van der Waals surface area (Å²) in [4.78, 5) is 31.2. The number of H-pyrrole nitrogens is 1. The van der Waals surface area contributed by atoms with E-state index in [1.807, 2.05) is 41.4 Å². The molecule has 1 atom stereocenters. The number of fused-ring (bicyclic) bond motifs is 1. The fourth-order valence-corrected chi connectivity index (χ4v) is 3.62. The van der Waals surface area contributed by atoms with Crippen molar-refractivity contribution in [1.82, 2.24) is 19.7 Å². The van der Waals surface area contributed by atoms with Crippen LogP contribution in [0.2, 0.25) is 0 Å². The Morgan fingerprint density at radius 1 is 1.18 bits per heavy atom. The van der Waals surface area contributed by atoms with Gasteiger partial charge in [-0.05, 0) is 36.2 Å². The van der Waals surface area contributed by atoms with Crippen LogP contribution >= 0.6 is 0 Å². The molecule has 0 radical (unpaired) electrons. The number of rotatable bonds is 4. The van der Waals surface area contributed by atoms with Crippen molar-refractivity contribution in [2.75, 3.05) is 25.5 Å². The van der Waals surface area contributed by atoms with Crippen molar-refractivity contribution >= 4 is 17.5 Å². The Balaban J connectivity index is 1.61. The summed E-state index contributed by atoms with van der Waals surface area (Å²) in [5.74, 6) is 0.0685. The van der Waals surface area contributed by atoms with E-state index < -0.39 is 0 Å². The summed E-state index contributed by atoms with van der Waals surface area (Å²) in [5.41, 5.74) is 3.50. The average Bonchev–Trinajstić information content (AvgIpc) is 3.39. The minimum Gasteiger partial charge on any atom is -0.357 e. The number of likely N-dealkylation sites (N-methyl/N-ethyl adjacent to an activating group) is 1. The van der Waals surface area contributed by atoms with Crippen LogP contribution in [-0.2, 0) is 11.3 Å². The van der Waals surface area contributed by atoms with Gasteiger partial charge in [0.2, 0.25) is 5.91 Å². The van der Waals surface area contributed by atoms with Gasteiger partial charge in [-0.1, -0.05) is 18.2 Å². The third kappa shape index (κ3) is 3.31. The second-order valence-electron chi connectivity index (χ2n) is 7.17. The zero-order chi connectivity index (χ0) is 19.7. The normalized spacial score (nSPS) is 15.9. The Morgan fingerprint density at radius 3 is 2.75 bits per heavy atom. The molecule has 7 heteroatoms. The lowest BCUT2D eigenvalue weighted by Gasteiger charge is -2.33. The number of nitrogens with zero attached hydrogens (tertiary/aromatic N) is 4. The van der Waals surface area contributed by atoms with Gasteiger partial charge in [0.15, 0.2) is 0 Å². The lowest BCUT2D eigenvalue weighted by atomic mass is 9.87. The highest BCUT2D eigenvalue weighted by atomic mass is 16.2. The van der Waals surface area contributed by atoms with E-state index in [0.29, 0.717) is 12.2 Å². The first-order chi connectivity index (χ1) is 13.5. The molecule has 1 aliphatic rings. The van der Waals surface area contributed by atoms with E-state index in [4.69, 9.17) is 0 Å². The first-order valence-corrected chi connectivity index (χ1v) is 9.32. The fraction of sp³-hybridized carbons (Fsp3) is 0.286. The van der Waals surface area contributed by atoms with Crippen molar-refractivity contribution in [3.8, 4) is 0 Å². The maximum Gasteiger partial charge on any atom is 0.274 e. The predicted octanol–water partition coefficient (Wildman–Crippen LogP) is 2.48. The van der Waals surface area contributed by atoms with Gasteiger partial charge in [-0.15, -0.1) is 0 Å². The van der Waals surface area contributed by atoms with Crippen LogP contribution in [0.3, 0.4) is 0 Å². The lowest BCUT2D eigenvalue weighted by molar-refractivity contribution is -0.129. The number of anilines is 1. The number of amides is 2. The molecule has 3 aromatic rings. The van der Waals surface area contributed by atoms with Gasteiger partial charge in [-0.25, -0.2) is 0 Å². The monoisotopic (exact) mass is 377 g/mol. The smallest absolute Gasteiger partial charge is 0.274 e. The van der Waals surface area contributed by atoms with Crippen LogP contribution in [0, 0.1) is 0 Å². The molecule has 2 amide bonds. The zero-order valence-corrected chi connectivity index (χ0v) is 16.0. The van der Waals surface area contributed by atoms with Crippen molar-refractivity contribution in [3.05, 3.63) is 71.8 Å². The van der Waals surface area contributed by atoms with Crippen molar-refractivity contribution in [3.63, 3.8) is 0 Å². The number of benzene rings is 1. The molecular formula is C21H23N5O2. The molecular weight excluding hydrogens is 354 g/mol. The summed E-state index contributed by atoms with van der Waals surface area (Å²) in [7, 11) is 3.47. The molecule has 28 heavy (non-hydrogen) atoms. The van der Waals surface area contributed by atoms with Gasteiger partial charge in [0.25, 0.3) is 5.91 Å². The molecule has 0 fully saturated rings. The number of aromatic nitrogens is 3. The van der Waals surface area contributed by atoms with Crippen LogP contribution in [0.4, 0.5) is 5.69 Å². The molecule has 0 aliphatic carbocycles. The standard InChI is InChI=1S/C21H23N5O2/c1-24(2)20(27)14-25-12-10-17(23-25)15-9-13-26(19-8-4-3-6-16(15)19)21(28)18-7-5-11-22-18/h3-8,10-12,15,22H,9,13-14H2,1-2H3. The van der Waals surface area contributed by atoms with Crippen molar-refractivity contribution < 1.29 is 9.59 Å². The molecule has 144 valence electrons. The van der Waals surface area contributed by atoms with Gasteiger partial charge in [-0.2, -0.15) is 5.10 Å². The number of nitrogens with one attached hydrogen (secondary N) is 1. The molecule has 0 spiro atoms. The van der Waals surface area contributed by atoms with Crippen LogP contribution in [0.5, 0.6) is 0 Å². The second-order valence-corrected chi connectivity index (χ2v) is 7.17. The highest BCUT2D eigenvalue weighted by Crippen LogP contribution is 2.39. The molecule has 2 aromatic heterocycles. The minimum atomic E-state index is -0.0296. The highest BCUT2D eigenvalue weighted by Gasteiger charge is 2.31. The van der Waals surface area contributed by atoms with Gasteiger partial charge in [0.1, 0.15) is 12.2 Å². The van der Waals surface area contributed by atoms with Gasteiger partial charge in [-0.3, -0.25) is 14.3 Å². The summed E-state index contributed by atoms with van der Waals surface area (Å²) >= 11 is 0. The summed E-state index contributed by atoms with van der Waals surface area (Å²) in [6.45, 7) is 0.835. The number of hydrogen-bond acceptors (Lipinski definition) is 3. The Bertz CT molecular complexity index is 990. The molecule has 7 nitrogen and oxygen atoms in total. The maximum atomic E-state index is 12.9. The minimum absolute atomic E-state index is 0.00131. The molecule has 1 N–H and O–H groups in total. The number of para-hydroxylation sites is 1. The second kappa shape index (κ2) is 7.34. The fourth-order valence-electron chi connectivity index (χ4n) is 3.62. The molecule has 1 unspecified atom stereocenters. The van der Waals surface area contributed by atoms with Gasteiger partial charge in [0, 0.05) is 44.6 Å². The molecule has 1 aromatic carbocycles. The Morgan fingerprint density at radius 2 is 2.00 bits per heavy atom. The molecule has 0 saturated heterocycles. The van der Waals surface area contributed by atoms with Gasteiger partial charge >= 0.3 is 0 Å². The van der Waals surface area contributed by atoms with E-state index in [0.717, 1.165) is 23.4 Å². The first kappa shape index (κ1) is 18.0. The average molecular weight is 377 g/mol. The Hall–Kier alpha value is -3.35. The van der Waals surface area contributed by atoms with Crippen LogP contribution in [0.1, 0.15) is 34.1 Å². The van der Waals surface area contributed by atoms with Crippen molar-refractivity contribution in [2.24, 2.45) is 0 Å². The van der Waals surface area contributed by atoms with E-state index in [-0.39, 0.29) is 24.3 Å². The van der Waals surface area contributed by atoms with E-state index in [1.54, 1.807) is 35.9 Å². The topological polar surface area (TPSA) is 74.2 Å². The van der Waals surface area contributed by atoms with E-state index in [1.165, 1.54) is 0 Å². The molecule has 0 bridgehead atoms. The summed E-state index contributed by atoms with van der Waals surface area (Å²) in [6.07, 6.45) is 4.38. The van der Waals surface area contributed by atoms with Crippen molar-refractivity contribution in [2.45, 2.75) is 18.9 Å². The number of hydrogen-bond donors (Lipinski definition) is 1. The van der Waals surface area contributed by atoms with Gasteiger partial charge < -0.3 is 14.8 Å². The molecule has 0 saturated carbocycles. The van der Waals surface area contributed by atoms with Crippen LogP contribution in [-0.4, -0.2) is 52.1 Å². The SMILES string of the molecule is CN(C)C(=O)Cn1ccc(C2CCN(C(=O)c3ccc[nH]3)c3ccccc32)n1. The molecule has 4 rings (SSSR count). The van der Waals surface area contributed by atoms with E-state index >= 15 is 0 Å². The summed E-state index contributed by atoms with van der Waals surface area (Å²) in [6, 6.07) is 13.6. The van der Waals surface area contributed by atoms with Gasteiger partial charge in [0.05, 0.1) is 5.69 Å². The first-order valence-electron chi connectivity index (χ1n) is 9.32. The van der Waals surface area contributed by atoms with Crippen LogP contribution in [0.15, 0.2) is 54.9 Å². The maximum absolute atomic E-state index is 12.9. The largest absolute Gasteiger partial charge is 0.357 e.